The summed E-state index contributed by atoms with van der Waals surface area (Å²) >= 11 is 6.38. The molecule has 1 aliphatic rings. The molecule has 0 radical (unpaired) electrons. The molecule has 1 aromatic carbocycles. The number of hydrogen-bond donors (Lipinski definition) is 0. The van der Waals surface area contributed by atoms with Crippen LogP contribution in [0.2, 0.25) is 5.02 Å². The number of anilines is 1. The maximum atomic E-state index is 15.0. The molecule has 5 rings (SSSR count). The van der Waals surface area contributed by atoms with Gasteiger partial charge >= 0.3 is 6.18 Å². The Morgan fingerprint density at radius 2 is 1.95 bits per heavy atom. The summed E-state index contributed by atoms with van der Waals surface area (Å²) in [6.45, 7) is 4.36. The lowest BCUT2D eigenvalue weighted by Gasteiger charge is -2.27. The summed E-state index contributed by atoms with van der Waals surface area (Å²) in [6.07, 6.45) is -2.08. The zero-order valence-corrected chi connectivity index (χ0v) is 20.8. The van der Waals surface area contributed by atoms with E-state index in [1.807, 2.05) is 13.8 Å². The molecule has 0 bridgehead atoms. The first kappa shape index (κ1) is 25.0. The van der Waals surface area contributed by atoms with Crippen molar-refractivity contribution in [2.75, 3.05) is 4.90 Å². The number of rotatable bonds is 5. The number of carbonyl (C=O) groups is 1. The van der Waals surface area contributed by atoms with Gasteiger partial charge in [0.2, 0.25) is 5.91 Å². The summed E-state index contributed by atoms with van der Waals surface area (Å²) < 4.78 is 58.7. The Kier molecular flexibility index (Phi) is 6.09. The first-order valence-corrected chi connectivity index (χ1v) is 11.8. The van der Waals surface area contributed by atoms with Crippen molar-refractivity contribution in [1.29, 1.82) is 0 Å². The largest absolute Gasteiger partial charge is 0.434 e. The van der Waals surface area contributed by atoms with Crippen molar-refractivity contribution in [3.8, 4) is 22.8 Å². The van der Waals surface area contributed by atoms with E-state index < -0.39 is 17.7 Å². The predicted molar refractivity (Wildman–Crippen MR) is 128 cm³/mol. The molecule has 0 saturated carbocycles. The Balaban J connectivity index is 1.46. The molecule has 0 spiro atoms. The molecule has 1 amide bonds. The van der Waals surface area contributed by atoms with E-state index in [9.17, 15) is 18.0 Å². The van der Waals surface area contributed by atoms with Crippen molar-refractivity contribution < 1.29 is 22.4 Å². The lowest BCUT2D eigenvalue weighted by Crippen LogP contribution is -2.36. The van der Waals surface area contributed by atoms with E-state index in [4.69, 9.17) is 11.6 Å². The maximum absolute atomic E-state index is 15.0. The van der Waals surface area contributed by atoms with E-state index in [2.05, 4.69) is 15.2 Å². The van der Waals surface area contributed by atoms with E-state index in [0.717, 1.165) is 10.8 Å². The van der Waals surface area contributed by atoms with Gasteiger partial charge in [-0.15, -0.1) is 0 Å². The topological polar surface area (TPSA) is 73.8 Å². The van der Waals surface area contributed by atoms with E-state index in [1.54, 1.807) is 27.7 Å². The first-order chi connectivity index (χ1) is 17.4. The molecule has 4 aromatic rings. The van der Waals surface area contributed by atoms with Crippen molar-refractivity contribution >= 4 is 23.3 Å². The van der Waals surface area contributed by atoms with Gasteiger partial charge in [0.25, 0.3) is 0 Å². The highest BCUT2D eigenvalue weighted by Crippen LogP contribution is 2.35. The minimum Gasteiger partial charge on any atom is -0.333 e. The molecule has 37 heavy (non-hydrogen) atoms. The number of aryl methyl sites for hydroxylation is 2. The van der Waals surface area contributed by atoms with Crippen LogP contribution in [-0.4, -0.2) is 35.0 Å². The van der Waals surface area contributed by atoms with Crippen LogP contribution in [0.5, 0.6) is 0 Å². The van der Waals surface area contributed by atoms with Gasteiger partial charge in [-0.3, -0.25) is 14.4 Å². The Hall–Kier alpha value is -3.67. The fraction of sp³-hybridized carbons (Fsp3) is 0.333. The Morgan fingerprint density at radius 3 is 2.59 bits per heavy atom. The zero-order chi connectivity index (χ0) is 26.6. The van der Waals surface area contributed by atoms with Crippen LogP contribution in [0.1, 0.15) is 37.6 Å². The van der Waals surface area contributed by atoms with Crippen molar-refractivity contribution in [3.05, 3.63) is 58.8 Å². The van der Waals surface area contributed by atoms with Crippen molar-refractivity contribution in [2.45, 2.75) is 45.6 Å². The average Bonchev–Trinajstić information content (AvgIpc) is 3.52. The summed E-state index contributed by atoms with van der Waals surface area (Å²) in [7, 11) is 1.37. The molecule has 0 aliphatic carbocycles. The monoisotopic (exact) mass is 535 g/mol. The lowest BCUT2D eigenvalue weighted by molar-refractivity contribution is -0.140. The number of carbonyl (C=O) groups excluding carboxylic acids is 1. The van der Waals surface area contributed by atoms with Crippen molar-refractivity contribution in [1.82, 2.24) is 29.1 Å². The molecule has 4 heterocycles. The zero-order valence-electron chi connectivity index (χ0n) is 20.1. The molecule has 0 saturated heterocycles. The van der Waals surface area contributed by atoms with Crippen LogP contribution in [0.25, 0.3) is 22.8 Å². The number of amides is 1. The van der Waals surface area contributed by atoms with Gasteiger partial charge in [0, 0.05) is 31.8 Å². The first-order valence-electron chi connectivity index (χ1n) is 11.4. The summed E-state index contributed by atoms with van der Waals surface area (Å²) in [5, 5.41) is 9.37. The number of hydrogen-bond acceptors (Lipinski definition) is 4. The van der Waals surface area contributed by atoms with Crippen LogP contribution in [0.3, 0.4) is 0 Å². The highest BCUT2D eigenvalue weighted by Gasteiger charge is 2.35. The molecule has 0 unspecified atom stereocenters. The number of nitrogens with zero attached hydrogens (tertiary/aromatic N) is 7. The molecule has 3 aromatic heterocycles. The number of halogens is 5. The fourth-order valence-corrected chi connectivity index (χ4v) is 4.61. The lowest BCUT2D eigenvalue weighted by atomic mass is 10.1. The van der Waals surface area contributed by atoms with Gasteiger partial charge in [-0.2, -0.15) is 23.4 Å². The third kappa shape index (κ3) is 4.50. The van der Waals surface area contributed by atoms with Gasteiger partial charge in [0.15, 0.2) is 5.69 Å². The summed E-state index contributed by atoms with van der Waals surface area (Å²) in [5.41, 5.74) is 0.477. The summed E-state index contributed by atoms with van der Waals surface area (Å²) in [6, 6.07) is 5.91. The van der Waals surface area contributed by atoms with E-state index in [1.165, 1.54) is 24.1 Å². The third-order valence-corrected chi connectivity index (χ3v) is 6.41. The van der Waals surface area contributed by atoms with E-state index in [0.29, 0.717) is 34.3 Å². The van der Waals surface area contributed by atoms with Gasteiger partial charge < -0.3 is 4.57 Å². The van der Waals surface area contributed by atoms with Gasteiger partial charge in [0.1, 0.15) is 28.8 Å². The molecule has 8 nitrogen and oxygen atoms in total. The van der Waals surface area contributed by atoms with E-state index >= 15 is 4.39 Å². The smallest absolute Gasteiger partial charge is 0.333 e. The normalized spacial score (nSPS) is 14.1. The predicted octanol–water partition coefficient (Wildman–Crippen LogP) is 5.48. The van der Waals surface area contributed by atoms with Gasteiger partial charge in [-0.1, -0.05) is 17.7 Å². The molecule has 0 fully saturated rings. The molecular formula is C24H22ClF4N7O. The molecular weight excluding hydrogens is 514 g/mol. The average molecular weight is 536 g/mol. The van der Waals surface area contributed by atoms with Crippen molar-refractivity contribution in [3.63, 3.8) is 0 Å². The van der Waals surface area contributed by atoms with Crippen molar-refractivity contribution in [2.24, 2.45) is 7.05 Å². The number of imidazole rings is 1. The third-order valence-electron chi connectivity index (χ3n) is 6.14. The van der Waals surface area contributed by atoms with Gasteiger partial charge in [-0.05, 0) is 31.5 Å². The Labute approximate surface area is 214 Å². The Morgan fingerprint density at radius 1 is 1.19 bits per heavy atom. The highest BCUT2D eigenvalue weighted by atomic mass is 35.5. The fourth-order valence-electron chi connectivity index (χ4n) is 4.38. The van der Waals surface area contributed by atoms with Crippen LogP contribution < -0.4 is 4.90 Å². The molecule has 0 N–H and O–H groups in total. The molecule has 1 aliphatic heterocycles. The minimum atomic E-state index is -4.64. The highest BCUT2D eigenvalue weighted by molar-refractivity contribution is 6.33. The Bertz CT molecular complexity index is 1500. The molecule has 13 heteroatoms. The summed E-state index contributed by atoms with van der Waals surface area (Å²) in [5.74, 6) is -0.522. The van der Waals surface area contributed by atoms with Crippen LogP contribution >= 0.6 is 11.6 Å². The van der Waals surface area contributed by atoms with Gasteiger partial charge in [-0.25, -0.2) is 14.1 Å². The summed E-state index contributed by atoms with van der Waals surface area (Å²) in [4.78, 5) is 17.9. The van der Waals surface area contributed by atoms with E-state index in [-0.39, 0.29) is 36.3 Å². The minimum absolute atomic E-state index is 0.0337. The van der Waals surface area contributed by atoms with Crippen LogP contribution in [0.4, 0.5) is 23.4 Å². The second kappa shape index (κ2) is 9.02. The molecule has 194 valence electrons. The van der Waals surface area contributed by atoms with Gasteiger partial charge in [0.05, 0.1) is 29.9 Å². The quantitative estimate of drug-likeness (QED) is 0.317. The number of benzene rings is 1. The van der Waals surface area contributed by atoms with Crippen LogP contribution in [-0.2, 0) is 31.1 Å². The maximum Gasteiger partial charge on any atom is 0.434 e. The second-order valence-corrected chi connectivity index (χ2v) is 9.50. The number of aromatic nitrogens is 6. The number of fused-ring (bicyclic) bond motifs is 1. The van der Waals surface area contributed by atoms with Crippen LogP contribution in [0.15, 0.2) is 36.7 Å². The molecule has 0 atom stereocenters. The second-order valence-electron chi connectivity index (χ2n) is 9.09. The standard InChI is InChI=1S/C24H22ClF4N7O/c1-13(2)36-22(16(25)10-30-36)18-9-20-34(21(37)6-7-35(20)32-18)11-14-4-5-15(17(26)8-14)23-31-19(12-33(23)3)24(27,28)29/h4-5,8-10,12-13H,6-7,11H2,1-3H3. The SMILES string of the molecule is CC(C)n1ncc(Cl)c1-c1cc2n(n1)CCC(=O)N2Cc1ccc(-c2nc(C(F)(F)F)cn2C)c(F)c1. The van der Waals surface area contributed by atoms with Crippen LogP contribution in [0, 0.1) is 5.82 Å². The number of alkyl halides is 3.